The van der Waals surface area contributed by atoms with Gasteiger partial charge in [0.2, 0.25) is 0 Å². The first kappa shape index (κ1) is 16.1. The van der Waals surface area contributed by atoms with Crippen LogP contribution < -0.4 is 5.32 Å². The van der Waals surface area contributed by atoms with Crippen LogP contribution in [0.5, 0.6) is 0 Å². The molecule has 1 aliphatic carbocycles. The molecule has 23 heavy (non-hydrogen) atoms. The van der Waals surface area contributed by atoms with E-state index in [0.29, 0.717) is 11.7 Å². The average molecular weight is 325 g/mol. The third-order valence-corrected chi connectivity index (χ3v) is 4.86. The number of halogens is 2. The fourth-order valence-corrected chi connectivity index (χ4v) is 3.01. The normalized spacial score (nSPS) is 24.1. The SMILES string of the molecule is O=C(Nc1ccc(C2CCC2)cn1)N1CCC(F)(F)C(CO)C1. The Labute approximate surface area is 133 Å². The number of urea groups is 1. The minimum absolute atomic E-state index is 0.0323. The summed E-state index contributed by atoms with van der Waals surface area (Å²) in [7, 11) is 0. The number of alkyl halides is 2. The molecule has 2 fully saturated rings. The fraction of sp³-hybridized carbons (Fsp3) is 0.625. The first-order valence-electron chi connectivity index (χ1n) is 8.00. The molecule has 0 radical (unpaired) electrons. The first-order chi connectivity index (χ1) is 11.0. The number of anilines is 1. The summed E-state index contributed by atoms with van der Waals surface area (Å²) < 4.78 is 27.1. The molecule has 1 aromatic heterocycles. The van der Waals surface area contributed by atoms with Crippen LogP contribution in [0.4, 0.5) is 19.4 Å². The highest BCUT2D eigenvalue weighted by Gasteiger charge is 2.44. The number of hydrogen-bond donors (Lipinski definition) is 2. The molecule has 126 valence electrons. The molecule has 3 rings (SSSR count). The summed E-state index contributed by atoms with van der Waals surface area (Å²) in [4.78, 5) is 17.7. The van der Waals surface area contributed by atoms with Crippen molar-refractivity contribution in [2.45, 2.75) is 37.5 Å². The van der Waals surface area contributed by atoms with Crippen LogP contribution in [0.25, 0.3) is 0 Å². The Balaban J connectivity index is 1.58. The van der Waals surface area contributed by atoms with E-state index in [-0.39, 0.29) is 13.1 Å². The van der Waals surface area contributed by atoms with Gasteiger partial charge in [-0.15, -0.1) is 0 Å². The highest BCUT2D eigenvalue weighted by molar-refractivity contribution is 5.88. The Morgan fingerprint density at radius 3 is 2.78 bits per heavy atom. The summed E-state index contributed by atoms with van der Waals surface area (Å²) in [6.07, 6.45) is 4.94. The van der Waals surface area contributed by atoms with Crippen molar-refractivity contribution in [3.63, 3.8) is 0 Å². The van der Waals surface area contributed by atoms with Gasteiger partial charge in [-0.25, -0.2) is 18.6 Å². The summed E-state index contributed by atoms with van der Waals surface area (Å²) >= 11 is 0. The summed E-state index contributed by atoms with van der Waals surface area (Å²) in [5.41, 5.74) is 1.17. The van der Waals surface area contributed by atoms with Gasteiger partial charge in [-0.1, -0.05) is 12.5 Å². The van der Waals surface area contributed by atoms with Crippen LogP contribution in [-0.2, 0) is 0 Å². The minimum atomic E-state index is -2.92. The maximum absolute atomic E-state index is 13.6. The number of carbonyl (C=O) groups is 1. The largest absolute Gasteiger partial charge is 0.396 e. The number of aliphatic hydroxyl groups is 1. The summed E-state index contributed by atoms with van der Waals surface area (Å²) in [5, 5.41) is 11.7. The lowest BCUT2D eigenvalue weighted by molar-refractivity contribution is -0.111. The molecule has 1 aromatic rings. The standard InChI is InChI=1S/C16H21F2N3O2/c17-16(18)6-7-21(9-13(16)10-22)15(23)20-14-5-4-12(8-19-14)11-2-1-3-11/h4-5,8,11,13,22H,1-3,6-7,9-10H2,(H,19,20,23). The number of amides is 2. The molecule has 2 aliphatic rings. The van der Waals surface area contributed by atoms with Gasteiger partial charge >= 0.3 is 6.03 Å². The Morgan fingerprint density at radius 1 is 1.43 bits per heavy atom. The average Bonchev–Trinajstić information content (AvgIpc) is 2.47. The number of pyridine rings is 1. The van der Waals surface area contributed by atoms with Gasteiger partial charge in [-0.3, -0.25) is 5.32 Å². The number of carbonyl (C=O) groups excluding carboxylic acids is 1. The van der Waals surface area contributed by atoms with Crippen LogP contribution in [0.1, 0.15) is 37.2 Å². The highest BCUT2D eigenvalue weighted by Crippen LogP contribution is 2.36. The van der Waals surface area contributed by atoms with E-state index in [0.717, 1.165) is 0 Å². The Bertz CT molecular complexity index is 561. The lowest BCUT2D eigenvalue weighted by Crippen LogP contribution is -2.51. The van der Waals surface area contributed by atoms with Crippen LogP contribution in [0.2, 0.25) is 0 Å². The van der Waals surface area contributed by atoms with E-state index in [4.69, 9.17) is 5.11 Å². The van der Waals surface area contributed by atoms with Crippen LogP contribution in [0.3, 0.4) is 0 Å². The number of nitrogens with zero attached hydrogens (tertiary/aromatic N) is 2. The zero-order valence-electron chi connectivity index (χ0n) is 12.8. The maximum Gasteiger partial charge on any atom is 0.323 e. The molecule has 7 heteroatoms. The number of aromatic nitrogens is 1. The number of aliphatic hydroxyl groups excluding tert-OH is 1. The van der Waals surface area contributed by atoms with Gasteiger partial charge in [-0.05, 0) is 30.4 Å². The number of piperidine rings is 1. The third kappa shape index (κ3) is 3.44. The van der Waals surface area contributed by atoms with E-state index < -0.39 is 30.9 Å². The summed E-state index contributed by atoms with van der Waals surface area (Å²) in [5.74, 6) is -3.15. The molecule has 0 aromatic carbocycles. The van der Waals surface area contributed by atoms with Crippen LogP contribution in [0.15, 0.2) is 18.3 Å². The summed E-state index contributed by atoms with van der Waals surface area (Å²) in [6, 6.07) is 3.24. The topological polar surface area (TPSA) is 65.5 Å². The number of nitrogens with one attached hydrogen (secondary N) is 1. The van der Waals surface area contributed by atoms with E-state index in [1.54, 1.807) is 12.3 Å². The predicted octanol–water partition coefficient (Wildman–Crippen LogP) is 2.83. The van der Waals surface area contributed by atoms with Gasteiger partial charge in [0.15, 0.2) is 0 Å². The van der Waals surface area contributed by atoms with Crippen molar-refractivity contribution in [1.29, 1.82) is 0 Å². The second kappa shape index (κ2) is 6.39. The van der Waals surface area contributed by atoms with E-state index in [1.807, 2.05) is 6.07 Å². The Morgan fingerprint density at radius 2 is 2.22 bits per heavy atom. The van der Waals surface area contributed by atoms with E-state index in [9.17, 15) is 13.6 Å². The van der Waals surface area contributed by atoms with E-state index >= 15 is 0 Å². The van der Waals surface area contributed by atoms with Crippen molar-refractivity contribution in [3.05, 3.63) is 23.9 Å². The zero-order chi connectivity index (χ0) is 16.4. The lowest BCUT2D eigenvalue weighted by Gasteiger charge is -2.37. The highest BCUT2D eigenvalue weighted by atomic mass is 19.3. The van der Waals surface area contributed by atoms with E-state index in [1.165, 1.54) is 29.7 Å². The van der Waals surface area contributed by atoms with Gasteiger partial charge in [0.1, 0.15) is 5.82 Å². The van der Waals surface area contributed by atoms with Crippen molar-refractivity contribution < 1.29 is 18.7 Å². The molecule has 0 bridgehead atoms. The molecule has 2 heterocycles. The minimum Gasteiger partial charge on any atom is -0.396 e. The predicted molar refractivity (Wildman–Crippen MR) is 81.6 cm³/mol. The monoisotopic (exact) mass is 325 g/mol. The number of rotatable bonds is 3. The van der Waals surface area contributed by atoms with E-state index in [2.05, 4.69) is 10.3 Å². The smallest absolute Gasteiger partial charge is 0.323 e. The lowest BCUT2D eigenvalue weighted by atomic mass is 9.81. The molecule has 1 atom stereocenters. The molecule has 1 saturated carbocycles. The van der Waals surface area contributed by atoms with Crippen molar-refractivity contribution in [2.24, 2.45) is 5.92 Å². The second-order valence-corrected chi connectivity index (χ2v) is 6.37. The molecule has 1 saturated heterocycles. The third-order valence-electron chi connectivity index (χ3n) is 4.86. The van der Waals surface area contributed by atoms with Gasteiger partial charge in [0, 0.05) is 25.7 Å². The van der Waals surface area contributed by atoms with Gasteiger partial charge in [0.05, 0.1) is 12.5 Å². The quantitative estimate of drug-likeness (QED) is 0.898. The van der Waals surface area contributed by atoms with Gasteiger partial charge in [-0.2, -0.15) is 0 Å². The van der Waals surface area contributed by atoms with Crippen LogP contribution >= 0.6 is 0 Å². The summed E-state index contributed by atoms with van der Waals surface area (Å²) in [6.45, 7) is -0.823. The second-order valence-electron chi connectivity index (χ2n) is 6.37. The molecular formula is C16H21F2N3O2. The maximum atomic E-state index is 13.6. The van der Waals surface area contributed by atoms with Crippen LogP contribution in [-0.4, -0.2) is 46.6 Å². The molecule has 2 amide bonds. The molecule has 5 nitrogen and oxygen atoms in total. The number of likely N-dealkylation sites (tertiary alicyclic amines) is 1. The molecule has 1 unspecified atom stereocenters. The Kier molecular flexibility index (Phi) is 4.48. The molecule has 2 N–H and O–H groups in total. The van der Waals surface area contributed by atoms with Gasteiger partial charge in [0.25, 0.3) is 5.92 Å². The van der Waals surface area contributed by atoms with Crippen molar-refractivity contribution in [1.82, 2.24) is 9.88 Å². The molecule has 0 spiro atoms. The van der Waals surface area contributed by atoms with Crippen molar-refractivity contribution >= 4 is 11.8 Å². The van der Waals surface area contributed by atoms with Crippen LogP contribution in [0, 0.1) is 5.92 Å². The van der Waals surface area contributed by atoms with Crippen molar-refractivity contribution in [3.8, 4) is 0 Å². The zero-order valence-corrected chi connectivity index (χ0v) is 12.8. The first-order valence-corrected chi connectivity index (χ1v) is 8.00. The Hall–Kier alpha value is -1.76. The fourth-order valence-electron chi connectivity index (χ4n) is 3.01. The molecule has 1 aliphatic heterocycles. The number of hydrogen-bond acceptors (Lipinski definition) is 3. The molecular weight excluding hydrogens is 304 g/mol. The van der Waals surface area contributed by atoms with Crippen molar-refractivity contribution in [2.75, 3.05) is 25.0 Å². The van der Waals surface area contributed by atoms with Gasteiger partial charge < -0.3 is 10.0 Å².